The van der Waals surface area contributed by atoms with Gasteiger partial charge in [-0.3, -0.25) is 10.2 Å². The molecule has 0 unspecified atom stereocenters. The molecule has 0 radical (unpaired) electrons. The van der Waals surface area contributed by atoms with Gasteiger partial charge in [-0.2, -0.15) is 0 Å². The molecule has 0 aliphatic rings. The summed E-state index contributed by atoms with van der Waals surface area (Å²) in [5.74, 6) is 4.87. The monoisotopic (exact) mass is 202 g/mol. The summed E-state index contributed by atoms with van der Waals surface area (Å²) in [4.78, 5) is 25.3. The molecule has 0 aliphatic carbocycles. The maximum absolute atomic E-state index is 11.3. The maximum atomic E-state index is 11.3. The lowest BCUT2D eigenvalue weighted by Gasteiger charge is -2.22. The zero-order valence-corrected chi connectivity index (χ0v) is 8.91. The third-order valence-electron chi connectivity index (χ3n) is 1.73. The largest absolute Gasteiger partial charge is 0.347 e. The van der Waals surface area contributed by atoms with E-state index in [4.69, 9.17) is 5.84 Å². The molecule has 0 aliphatic heterocycles. The predicted octanol–water partition coefficient (Wildman–Crippen LogP) is -0.630. The number of hydrazine groups is 1. The van der Waals surface area contributed by atoms with E-state index in [0.717, 1.165) is 6.42 Å². The first-order valence-electron chi connectivity index (χ1n) is 4.48. The number of nitrogens with two attached hydrogens (primary N) is 1. The molecule has 0 aromatic heterocycles. The Labute approximate surface area is 84.0 Å². The minimum atomic E-state index is -0.429. The van der Waals surface area contributed by atoms with Crippen molar-refractivity contribution in [1.82, 2.24) is 15.2 Å². The van der Waals surface area contributed by atoms with Crippen molar-refractivity contribution in [2.24, 2.45) is 5.84 Å². The second-order valence-electron chi connectivity index (χ2n) is 3.16. The van der Waals surface area contributed by atoms with Gasteiger partial charge in [0, 0.05) is 20.6 Å². The lowest BCUT2D eigenvalue weighted by Crippen LogP contribution is -2.47. The Morgan fingerprint density at radius 2 is 1.93 bits per heavy atom. The first kappa shape index (κ1) is 12.7. The Hall–Kier alpha value is -1.30. The van der Waals surface area contributed by atoms with Crippen LogP contribution in [0.4, 0.5) is 4.79 Å². The second kappa shape index (κ2) is 6.20. The molecule has 0 aromatic rings. The minimum Gasteiger partial charge on any atom is -0.347 e. The molecule has 0 atom stereocenters. The van der Waals surface area contributed by atoms with Gasteiger partial charge in [0.2, 0.25) is 5.91 Å². The highest BCUT2D eigenvalue weighted by atomic mass is 16.2. The van der Waals surface area contributed by atoms with E-state index in [1.165, 1.54) is 9.80 Å². The lowest BCUT2D eigenvalue weighted by molar-refractivity contribution is -0.129. The number of hydrogen-bond donors (Lipinski definition) is 2. The summed E-state index contributed by atoms with van der Waals surface area (Å²) >= 11 is 0. The van der Waals surface area contributed by atoms with E-state index >= 15 is 0 Å². The van der Waals surface area contributed by atoms with Gasteiger partial charge >= 0.3 is 6.03 Å². The van der Waals surface area contributed by atoms with E-state index in [9.17, 15) is 9.59 Å². The Bertz CT molecular complexity index is 204. The van der Waals surface area contributed by atoms with E-state index in [1.807, 2.05) is 12.3 Å². The van der Waals surface area contributed by atoms with E-state index < -0.39 is 6.03 Å². The molecule has 0 saturated heterocycles. The fourth-order valence-electron chi connectivity index (χ4n) is 0.918. The van der Waals surface area contributed by atoms with Gasteiger partial charge in [-0.1, -0.05) is 6.92 Å². The van der Waals surface area contributed by atoms with E-state index in [0.29, 0.717) is 6.54 Å². The molecule has 0 fully saturated rings. The molecule has 0 bridgehead atoms. The summed E-state index contributed by atoms with van der Waals surface area (Å²) in [6, 6.07) is -0.429. The first-order chi connectivity index (χ1) is 6.52. The van der Waals surface area contributed by atoms with Crippen LogP contribution in [-0.2, 0) is 4.79 Å². The maximum Gasteiger partial charge on any atom is 0.331 e. The molecule has 6 nitrogen and oxygen atoms in total. The number of carbonyl (C=O) groups is 2. The summed E-state index contributed by atoms with van der Waals surface area (Å²) in [7, 11) is 3.29. The summed E-state index contributed by atoms with van der Waals surface area (Å²) in [5, 5.41) is 0. The van der Waals surface area contributed by atoms with Crippen LogP contribution in [0.15, 0.2) is 0 Å². The summed E-state index contributed by atoms with van der Waals surface area (Å²) < 4.78 is 0. The van der Waals surface area contributed by atoms with E-state index in [-0.39, 0.29) is 12.5 Å². The van der Waals surface area contributed by atoms with Crippen LogP contribution in [0.1, 0.15) is 13.3 Å². The highest BCUT2D eigenvalue weighted by Crippen LogP contribution is 1.93. The van der Waals surface area contributed by atoms with Crippen molar-refractivity contribution in [3.8, 4) is 0 Å². The molecule has 14 heavy (non-hydrogen) atoms. The normalized spacial score (nSPS) is 9.43. The van der Waals surface area contributed by atoms with Crippen LogP contribution >= 0.6 is 0 Å². The van der Waals surface area contributed by atoms with Crippen molar-refractivity contribution in [2.45, 2.75) is 13.3 Å². The van der Waals surface area contributed by atoms with Crippen LogP contribution in [0.25, 0.3) is 0 Å². The van der Waals surface area contributed by atoms with Gasteiger partial charge < -0.3 is 9.80 Å². The van der Waals surface area contributed by atoms with Crippen molar-refractivity contribution in [3.63, 3.8) is 0 Å². The van der Waals surface area contributed by atoms with Crippen LogP contribution in [0, 0.1) is 0 Å². The highest BCUT2D eigenvalue weighted by Gasteiger charge is 2.15. The van der Waals surface area contributed by atoms with Crippen molar-refractivity contribution < 1.29 is 9.59 Å². The number of urea groups is 1. The average molecular weight is 202 g/mol. The van der Waals surface area contributed by atoms with Crippen molar-refractivity contribution >= 4 is 11.9 Å². The third-order valence-corrected chi connectivity index (χ3v) is 1.73. The van der Waals surface area contributed by atoms with Crippen molar-refractivity contribution in [2.75, 3.05) is 27.2 Å². The molecule has 0 aromatic carbocycles. The molecule has 82 valence electrons. The van der Waals surface area contributed by atoms with Crippen LogP contribution in [0.5, 0.6) is 0 Å². The number of amides is 3. The topological polar surface area (TPSA) is 78.7 Å². The molecule has 0 rings (SSSR count). The summed E-state index contributed by atoms with van der Waals surface area (Å²) in [6.07, 6.45) is 0.786. The van der Waals surface area contributed by atoms with Crippen LogP contribution in [-0.4, -0.2) is 48.9 Å². The van der Waals surface area contributed by atoms with Crippen molar-refractivity contribution in [3.05, 3.63) is 0 Å². The van der Waals surface area contributed by atoms with Gasteiger partial charge in [-0.05, 0) is 6.42 Å². The Kier molecular flexibility index (Phi) is 5.62. The summed E-state index contributed by atoms with van der Waals surface area (Å²) in [6.45, 7) is 2.50. The number of nitrogens with one attached hydrogen (secondary N) is 1. The molecule has 6 heteroatoms. The number of carbonyl (C=O) groups excluding carboxylic acids is 2. The quantitative estimate of drug-likeness (QED) is 0.362. The third kappa shape index (κ3) is 4.08. The molecule has 3 amide bonds. The van der Waals surface area contributed by atoms with E-state index in [1.54, 1.807) is 14.1 Å². The summed E-state index contributed by atoms with van der Waals surface area (Å²) in [5.41, 5.74) is 2.01. The highest BCUT2D eigenvalue weighted by molar-refractivity contribution is 5.83. The van der Waals surface area contributed by atoms with Gasteiger partial charge in [0.05, 0.1) is 0 Å². The molecule has 0 spiro atoms. The number of nitrogens with zero attached hydrogens (tertiary/aromatic N) is 2. The van der Waals surface area contributed by atoms with Gasteiger partial charge in [0.15, 0.2) is 0 Å². The predicted molar refractivity (Wildman–Crippen MR) is 53.3 cm³/mol. The average Bonchev–Trinajstić information content (AvgIpc) is 2.15. The molecule has 0 saturated carbocycles. The zero-order valence-electron chi connectivity index (χ0n) is 8.91. The van der Waals surface area contributed by atoms with Crippen LogP contribution < -0.4 is 11.3 Å². The Morgan fingerprint density at radius 3 is 2.29 bits per heavy atom. The van der Waals surface area contributed by atoms with Gasteiger partial charge in [0.25, 0.3) is 0 Å². The fraction of sp³-hybridized carbons (Fsp3) is 0.750. The Balaban J connectivity index is 4.22. The smallest absolute Gasteiger partial charge is 0.331 e. The van der Waals surface area contributed by atoms with Gasteiger partial charge in [-0.15, -0.1) is 0 Å². The Morgan fingerprint density at radius 1 is 1.36 bits per heavy atom. The zero-order chi connectivity index (χ0) is 11.1. The lowest BCUT2D eigenvalue weighted by atomic mass is 10.4. The number of likely N-dealkylation sites (N-methyl/N-ethyl adjacent to an activating group) is 1. The van der Waals surface area contributed by atoms with Crippen LogP contribution in [0.3, 0.4) is 0 Å². The minimum absolute atomic E-state index is 0.0594. The molecular formula is C8H18N4O2. The fourth-order valence-corrected chi connectivity index (χ4v) is 0.918. The van der Waals surface area contributed by atoms with Gasteiger partial charge in [0.1, 0.15) is 6.54 Å². The van der Waals surface area contributed by atoms with E-state index in [2.05, 4.69) is 0 Å². The number of hydrogen-bond acceptors (Lipinski definition) is 3. The molecule has 0 heterocycles. The second-order valence-corrected chi connectivity index (χ2v) is 3.16. The first-order valence-corrected chi connectivity index (χ1v) is 4.48. The van der Waals surface area contributed by atoms with Gasteiger partial charge in [-0.25, -0.2) is 10.6 Å². The SMILES string of the molecule is CCCN(CC(=O)N(C)C)C(=O)NN. The van der Waals surface area contributed by atoms with Crippen molar-refractivity contribution in [1.29, 1.82) is 0 Å². The van der Waals surface area contributed by atoms with Crippen LogP contribution in [0.2, 0.25) is 0 Å². The molecule has 3 N–H and O–H groups in total. The standard InChI is InChI=1S/C8H18N4O2/c1-4-5-12(8(14)10-9)6-7(13)11(2)3/h4-6,9H2,1-3H3,(H,10,14). The molecular weight excluding hydrogens is 184 g/mol. The number of rotatable bonds is 4.